The second-order valence-corrected chi connectivity index (χ2v) is 6.68. The molecule has 0 bridgehead atoms. The molecule has 1 N–H and O–H groups in total. The Kier molecular flexibility index (Phi) is 4.55. The van der Waals surface area contributed by atoms with Gasteiger partial charge >= 0.3 is 5.97 Å². The Balaban J connectivity index is 1.83. The van der Waals surface area contributed by atoms with Crippen LogP contribution >= 0.6 is 0 Å². The van der Waals surface area contributed by atoms with Gasteiger partial charge in [0.2, 0.25) is 0 Å². The molecule has 0 amide bonds. The maximum absolute atomic E-state index is 13.5. The van der Waals surface area contributed by atoms with E-state index in [1.54, 1.807) is 31.2 Å². The molecule has 0 unspecified atom stereocenters. The lowest BCUT2D eigenvalue weighted by atomic mass is 9.68. The lowest BCUT2D eigenvalue weighted by Gasteiger charge is -2.34. The summed E-state index contributed by atoms with van der Waals surface area (Å²) in [5.41, 5.74) is 2.74. The summed E-state index contributed by atoms with van der Waals surface area (Å²) < 4.78 is 32.1. The number of ether oxygens (including phenoxy) is 1. The number of hydrogen-bond donors (Lipinski definition) is 1. The lowest BCUT2D eigenvalue weighted by molar-refractivity contribution is 0.0519. The third-order valence-electron chi connectivity index (χ3n) is 5.06. The number of aromatic amines is 1. The molecule has 1 aliphatic rings. The van der Waals surface area contributed by atoms with Crippen LogP contribution in [0.3, 0.4) is 0 Å². The summed E-state index contributed by atoms with van der Waals surface area (Å²) in [5, 5.41) is 7.06. The van der Waals surface area contributed by atoms with E-state index in [-0.39, 0.29) is 23.9 Å². The predicted molar refractivity (Wildman–Crippen MR) is 101 cm³/mol. The zero-order valence-corrected chi connectivity index (χ0v) is 15.2. The number of nitrogens with one attached hydrogen (secondary N) is 1. The molecule has 0 aliphatic heterocycles. The normalized spacial score (nSPS) is 14.5. The average molecular weight is 380 g/mol. The Morgan fingerprint density at radius 1 is 1.07 bits per heavy atom. The van der Waals surface area contributed by atoms with E-state index in [0.29, 0.717) is 12.0 Å². The first-order chi connectivity index (χ1) is 13.5. The number of hydrogen-bond acceptors (Lipinski definition) is 3. The second kappa shape index (κ2) is 7.03. The van der Waals surface area contributed by atoms with Crippen molar-refractivity contribution in [3.8, 4) is 0 Å². The number of benzene rings is 2. The summed E-state index contributed by atoms with van der Waals surface area (Å²) in [6, 6.07) is 12.5. The van der Waals surface area contributed by atoms with E-state index in [4.69, 9.17) is 4.74 Å². The van der Waals surface area contributed by atoms with E-state index in [1.807, 2.05) is 12.2 Å². The fraction of sp³-hybridized carbons (Fsp3) is 0.182. The van der Waals surface area contributed by atoms with Crippen LogP contribution in [0.2, 0.25) is 0 Å². The van der Waals surface area contributed by atoms with Crippen molar-refractivity contribution in [3.05, 3.63) is 94.3 Å². The Morgan fingerprint density at radius 3 is 2.18 bits per heavy atom. The molecule has 4 rings (SSSR count). The van der Waals surface area contributed by atoms with E-state index >= 15 is 0 Å². The molecule has 0 saturated carbocycles. The minimum Gasteiger partial charge on any atom is -0.461 e. The maximum Gasteiger partial charge on any atom is 0.359 e. The highest BCUT2D eigenvalue weighted by Crippen LogP contribution is 2.41. The quantitative estimate of drug-likeness (QED) is 0.682. The highest BCUT2D eigenvalue weighted by molar-refractivity contribution is 5.92. The number of H-pyrrole nitrogens is 1. The number of fused-ring (bicyclic) bond motifs is 1. The number of aromatic nitrogens is 2. The third-order valence-corrected chi connectivity index (χ3v) is 5.06. The number of halogens is 2. The van der Waals surface area contributed by atoms with Crippen molar-refractivity contribution in [1.82, 2.24) is 10.2 Å². The zero-order chi connectivity index (χ0) is 19.7. The van der Waals surface area contributed by atoms with Crippen molar-refractivity contribution in [2.75, 3.05) is 6.61 Å². The van der Waals surface area contributed by atoms with E-state index in [2.05, 4.69) is 10.2 Å². The summed E-state index contributed by atoms with van der Waals surface area (Å²) in [6.07, 6.45) is 4.23. The number of allylic oxidation sites excluding steroid dienone is 1. The molecule has 0 atom stereocenters. The summed E-state index contributed by atoms with van der Waals surface area (Å²) in [5.74, 6) is -1.14. The van der Waals surface area contributed by atoms with E-state index in [9.17, 15) is 13.6 Å². The van der Waals surface area contributed by atoms with Crippen molar-refractivity contribution in [3.63, 3.8) is 0 Å². The fourth-order valence-corrected chi connectivity index (χ4v) is 3.68. The van der Waals surface area contributed by atoms with Gasteiger partial charge in [-0.15, -0.1) is 0 Å². The van der Waals surface area contributed by atoms with Gasteiger partial charge in [0.15, 0.2) is 5.69 Å². The van der Waals surface area contributed by atoms with Gasteiger partial charge in [0.1, 0.15) is 11.6 Å². The molecule has 0 saturated heterocycles. The molecule has 4 nitrogen and oxygen atoms in total. The number of nitrogens with zero attached hydrogens (tertiary/aromatic N) is 1. The van der Waals surface area contributed by atoms with Crippen molar-refractivity contribution >= 4 is 12.0 Å². The maximum atomic E-state index is 13.5. The van der Waals surface area contributed by atoms with Crippen LogP contribution < -0.4 is 0 Å². The van der Waals surface area contributed by atoms with Crippen LogP contribution in [0.25, 0.3) is 6.08 Å². The Hall–Kier alpha value is -3.28. The summed E-state index contributed by atoms with van der Waals surface area (Å²) >= 11 is 0. The number of rotatable bonds is 4. The minimum atomic E-state index is -0.646. The van der Waals surface area contributed by atoms with Crippen LogP contribution in [0.5, 0.6) is 0 Å². The smallest absolute Gasteiger partial charge is 0.359 e. The van der Waals surface area contributed by atoms with Crippen molar-refractivity contribution in [1.29, 1.82) is 0 Å². The minimum absolute atomic E-state index is 0.236. The molecule has 6 heteroatoms. The van der Waals surface area contributed by atoms with Gasteiger partial charge in [0.25, 0.3) is 0 Å². The zero-order valence-electron chi connectivity index (χ0n) is 15.2. The Morgan fingerprint density at radius 2 is 1.64 bits per heavy atom. The molecule has 1 aromatic heterocycles. The van der Waals surface area contributed by atoms with Gasteiger partial charge in [0, 0.05) is 23.1 Å². The number of esters is 1. The monoisotopic (exact) mass is 380 g/mol. The van der Waals surface area contributed by atoms with E-state index in [1.165, 1.54) is 24.3 Å². The van der Waals surface area contributed by atoms with E-state index < -0.39 is 11.4 Å². The molecule has 0 spiro atoms. The van der Waals surface area contributed by atoms with E-state index in [0.717, 1.165) is 16.8 Å². The van der Waals surface area contributed by atoms with Crippen molar-refractivity contribution < 1.29 is 18.3 Å². The van der Waals surface area contributed by atoms with Crippen LogP contribution in [-0.2, 0) is 16.6 Å². The van der Waals surface area contributed by atoms with Crippen LogP contribution in [0.4, 0.5) is 8.78 Å². The van der Waals surface area contributed by atoms with Crippen LogP contribution in [0.1, 0.15) is 39.8 Å². The van der Waals surface area contributed by atoms with Gasteiger partial charge < -0.3 is 4.74 Å². The first-order valence-electron chi connectivity index (χ1n) is 8.99. The predicted octanol–water partition coefficient (Wildman–Crippen LogP) is 4.42. The molecule has 28 heavy (non-hydrogen) atoms. The summed E-state index contributed by atoms with van der Waals surface area (Å²) in [4.78, 5) is 12.1. The molecular weight excluding hydrogens is 362 g/mol. The second-order valence-electron chi connectivity index (χ2n) is 6.68. The van der Waals surface area contributed by atoms with Gasteiger partial charge in [-0.25, -0.2) is 13.6 Å². The van der Waals surface area contributed by atoms with Gasteiger partial charge in [-0.3, -0.25) is 5.10 Å². The molecule has 142 valence electrons. The van der Waals surface area contributed by atoms with Crippen molar-refractivity contribution in [2.24, 2.45) is 0 Å². The molecule has 1 aliphatic carbocycles. The molecule has 2 aromatic carbocycles. The Bertz CT molecular complexity index is 992. The highest BCUT2D eigenvalue weighted by atomic mass is 19.1. The topological polar surface area (TPSA) is 55.0 Å². The number of carbonyl (C=O) groups excluding carboxylic acids is 1. The summed E-state index contributed by atoms with van der Waals surface area (Å²) in [7, 11) is 0. The lowest BCUT2D eigenvalue weighted by Crippen LogP contribution is -2.30. The van der Waals surface area contributed by atoms with Crippen LogP contribution in [0, 0.1) is 11.6 Å². The van der Waals surface area contributed by atoms with Crippen molar-refractivity contribution in [2.45, 2.75) is 18.8 Å². The first-order valence-corrected chi connectivity index (χ1v) is 8.99. The molecule has 3 aromatic rings. The third kappa shape index (κ3) is 3.01. The SMILES string of the molecule is CCOC(=O)c1n[nH]c2c1C=CC(c1ccc(F)cc1)(c1ccc(F)cc1)C2. The summed E-state index contributed by atoms with van der Waals surface area (Å²) in [6.45, 7) is 2.00. The molecule has 0 fully saturated rings. The van der Waals surface area contributed by atoms with Gasteiger partial charge in [-0.2, -0.15) is 5.10 Å². The molecular formula is C22H18F2N2O2. The number of carbonyl (C=O) groups is 1. The fourth-order valence-electron chi connectivity index (χ4n) is 3.68. The molecule has 0 radical (unpaired) electrons. The standard InChI is InChI=1S/C22H18F2N2O2/c1-2-28-21(27)20-18-11-12-22(13-19(18)25-26-20,14-3-7-16(23)8-4-14)15-5-9-17(24)10-6-15/h3-12H,2,13H2,1H3,(H,25,26). The van der Waals surface area contributed by atoms with Gasteiger partial charge in [-0.1, -0.05) is 36.4 Å². The largest absolute Gasteiger partial charge is 0.461 e. The van der Waals surface area contributed by atoms with Crippen LogP contribution in [-0.4, -0.2) is 22.8 Å². The first kappa shape index (κ1) is 18.1. The Labute approximate surface area is 160 Å². The van der Waals surface area contributed by atoms with Gasteiger partial charge in [0.05, 0.1) is 6.61 Å². The van der Waals surface area contributed by atoms with Crippen LogP contribution in [0.15, 0.2) is 54.6 Å². The average Bonchev–Trinajstić information content (AvgIpc) is 3.12. The molecule has 1 heterocycles. The van der Waals surface area contributed by atoms with Gasteiger partial charge in [-0.05, 0) is 42.3 Å². The highest BCUT2D eigenvalue weighted by Gasteiger charge is 2.37.